The highest BCUT2D eigenvalue weighted by atomic mass is 16.7. The van der Waals surface area contributed by atoms with Crippen molar-refractivity contribution in [3.8, 4) is 0 Å². The van der Waals surface area contributed by atoms with Gasteiger partial charge in [0.1, 0.15) is 25.8 Å². The molecule has 0 spiro atoms. The lowest BCUT2D eigenvalue weighted by molar-refractivity contribution is -0.110. The van der Waals surface area contributed by atoms with Crippen LogP contribution in [0.4, 0.5) is 0 Å². The van der Waals surface area contributed by atoms with Crippen molar-refractivity contribution in [2.75, 3.05) is 26.8 Å². The molecule has 6 nitrogen and oxygen atoms in total. The molecule has 114 valence electrons. The molecule has 0 aromatic carbocycles. The van der Waals surface area contributed by atoms with Crippen molar-refractivity contribution < 1.29 is 28.4 Å². The normalized spacial score (nSPS) is 49.2. The highest BCUT2D eigenvalue weighted by Crippen LogP contribution is 2.35. The largest absolute Gasteiger partial charge is 0.369 e. The lowest BCUT2D eigenvalue weighted by Gasteiger charge is -2.23. The lowest BCUT2D eigenvalue weighted by atomic mass is 10.0. The third-order valence-corrected chi connectivity index (χ3v) is 4.71. The van der Waals surface area contributed by atoms with Gasteiger partial charge in [0.15, 0.2) is 0 Å². The first-order valence-electron chi connectivity index (χ1n) is 7.60. The molecule has 4 saturated heterocycles. The van der Waals surface area contributed by atoms with Gasteiger partial charge >= 0.3 is 0 Å². The molecule has 0 unspecified atom stereocenters. The fourth-order valence-corrected chi connectivity index (χ4v) is 3.60. The van der Waals surface area contributed by atoms with Crippen LogP contribution in [-0.2, 0) is 28.4 Å². The van der Waals surface area contributed by atoms with E-state index in [2.05, 4.69) is 0 Å². The molecular weight excluding hydrogens is 264 g/mol. The van der Waals surface area contributed by atoms with Crippen LogP contribution in [0.3, 0.4) is 0 Å². The summed E-state index contributed by atoms with van der Waals surface area (Å²) >= 11 is 0. The Labute approximate surface area is 118 Å². The molecule has 4 rings (SSSR count). The van der Waals surface area contributed by atoms with E-state index in [1.165, 1.54) is 0 Å². The number of rotatable bonds is 3. The van der Waals surface area contributed by atoms with Gasteiger partial charge in [-0.15, -0.1) is 0 Å². The van der Waals surface area contributed by atoms with Crippen LogP contribution < -0.4 is 0 Å². The van der Waals surface area contributed by atoms with Gasteiger partial charge in [0.2, 0.25) is 0 Å². The SMILES string of the molecule is C1OC[C@@H]([C@H]2CC[C@H]([C@H]3CC[C@H]([C@@H]4COCO4)O3)O2)O1. The van der Waals surface area contributed by atoms with Crippen LogP contribution in [0.25, 0.3) is 0 Å². The van der Waals surface area contributed by atoms with Crippen LogP contribution in [-0.4, -0.2) is 63.4 Å². The minimum atomic E-state index is 0.101. The van der Waals surface area contributed by atoms with E-state index in [-0.39, 0.29) is 36.6 Å². The number of hydrogen-bond acceptors (Lipinski definition) is 6. The Hall–Kier alpha value is -0.240. The quantitative estimate of drug-likeness (QED) is 0.766. The molecule has 4 aliphatic heterocycles. The standard InChI is InChI=1S/C14H22O6/c1-3-11(13-5-15-7-17-13)19-9(1)10-2-4-12(20-10)14-6-16-8-18-14/h9-14H,1-8H2/t9-,10-,11-,12-,13+,14+/m1/s1. The van der Waals surface area contributed by atoms with E-state index in [1.807, 2.05) is 0 Å². The zero-order valence-corrected chi connectivity index (χ0v) is 11.6. The first-order chi connectivity index (χ1) is 9.90. The third-order valence-electron chi connectivity index (χ3n) is 4.71. The Kier molecular flexibility index (Phi) is 3.94. The molecule has 4 heterocycles. The Morgan fingerprint density at radius 2 is 0.900 bits per heavy atom. The molecule has 0 amide bonds. The van der Waals surface area contributed by atoms with Gasteiger partial charge in [-0.1, -0.05) is 0 Å². The second-order valence-electron chi connectivity index (χ2n) is 5.97. The number of hydrogen-bond donors (Lipinski definition) is 0. The Bertz CT molecular complexity index is 294. The zero-order chi connectivity index (χ0) is 13.4. The molecule has 4 fully saturated rings. The smallest absolute Gasteiger partial charge is 0.147 e. The summed E-state index contributed by atoms with van der Waals surface area (Å²) in [4.78, 5) is 0. The van der Waals surface area contributed by atoms with Crippen LogP contribution in [0.15, 0.2) is 0 Å². The van der Waals surface area contributed by atoms with E-state index >= 15 is 0 Å². The summed E-state index contributed by atoms with van der Waals surface area (Å²) < 4.78 is 33.8. The lowest BCUT2D eigenvalue weighted by Crippen LogP contribution is -2.34. The summed E-state index contributed by atoms with van der Waals surface area (Å²) in [7, 11) is 0. The minimum Gasteiger partial charge on any atom is -0.369 e. The average molecular weight is 286 g/mol. The van der Waals surface area contributed by atoms with Gasteiger partial charge in [0, 0.05) is 0 Å². The summed E-state index contributed by atoms with van der Waals surface area (Å²) in [6.07, 6.45) is 5.07. The average Bonchev–Trinajstić information content (AvgIpc) is 3.22. The van der Waals surface area contributed by atoms with E-state index < -0.39 is 0 Å². The zero-order valence-electron chi connectivity index (χ0n) is 11.6. The predicted octanol–water partition coefficient (Wildman–Crippen LogP) is 0.827. The molecule has 6 heteroatoms. The summed E-state index contributed by atoms with van der Waals surface area (Å²) in [5.74, 6) is 0. The van der Waals surface area contributed by atoms with E-state index in [9.17, 15) is 0 Å². The molecule has 0 aliphatic carbocycles. The molecular formula is C14H22O6. The van der Waals surface area contributed by atoms with Gasteiger partial charge in [0.25, 0.3) is 0 Å². The van der Waals surface area contributed by atoms with Crippen molar-refractivity contribution in [3.63, 3.8) is 0 Å². The van der Waals surface area contributed by atoms with Gasteiger partial charge in [0.05, 0.1) is 37.6 Å². The van der Waals surface area contributed by atoms with Crippen molar-refractivity contribution in [3.05, 3.63) is 0 Å². The van der Waals surface area contributed by atoms with Crippen molar-refractivity contribution in [2.45, 2.75) is 62.3 Å². The summed E-state index contributed by atoms with van der Waals surface area (Å²) in [6, 6.07) is 0. The first kappa shape index (κ1) is 13.4. The van der Waals surface area contributed by atoms with Gasteiger partial charge in [-0.2, -0.15) is 0 Å². The van der Waals surface area contributed by atoms with E-state index in [0.717, 1.165) is 25.7 Å². The highest BCUT2D eigenvalue weighted by molar-refractivity contribution is 4.90. The first-order valence-corrected chi connectivity index (χ1v) is 7.60. The van der Waals surface area contributed by atoms with Gasteiger partial charge in [-0.3, -0.25) is 0 Å². The maximum absolute atomic E-state index is 6.14. The molecule has 0 radical (unpaired) electrons. The van der Waals surface area contributed by atoms with Gasteiger partial charge in [-0.05, 0) is 25.7 Å². The van der Waals surface area contributed by atoms with Crippen LogP contribution in [0.1, 0.15) is 25.7 Å². The monoisotopic (exact) mass is 286 g/mol. The van der Waals surface area contributed by atoms with Gasteiger partial charge < -0.3 is 28.4 Å². The second kappa shape index (κ2) is 5.87. The molecule has 0 N–H and O–H groups in total. The van der Waals surface area contributed by atoms with Crippen molar-refractivity contribution in [1.29, 1.82) is 0 Å². The fraction of sp³-hybridized carbons (Fsp3) is 1.00. The highest BCUT2D eigenvalue weighted by Gasteiger charge is 2.43. The predicted molar refractivity (Wildman–Crippen MR) is 67.2 cm³/mol. The van der Waals surface area contributed by atoms with E-state index in [0.29, 0.717) is 26.8 Å². The van der Waals surface area contributed by atoms with Crippen molar-refractivity contribution in [2.24, 2.45) is 0 Å². The maximum atomic E-state index is 6.14. The van der Waals surface area contributed by atoms with Gasteiger partial charge in [-0.25, -0.2) is 0 Å². The molecule has 0 aromatic rings. The molecule has 0 bridgehead atoms. The molecule has 4 aliphatic rings. The Morgan fingerprint density at radius 1 is 0.500 bits per heavy atom. The summed E-state index contributed by atoms with van der Waals surface area (Å²) in [5.41, 5.74) is 0. The van der Waals surface area contributed by atoms with Crippen LogP contribution >= 0.6 is 0 Å². The molecule has 20 heavy (non-hydrogen) atoms. The van der Waals surface area contributed by atoms with Crippen LogP contribution in [0.5, 0.6) is 0 Å². The topological polar surface area (TPSA) is 55.4 Å². The third kappa shape index (κ3) is 2.61. The van der Waals surface area contributed by atoms with Crippen LogP contribution in [0, 0.1) is 0 Å². The molecule has 0 aromatic heterocycles. The second-order valence-corrected chi connectivity index (χ2v) is 5.97. The van der Waals surface area contributed by atoms with E-state index in [4.69, 9.17) is 28.4 Å². The minimum absolute atomic E-state index is 0.101. The Morgan fingerprint density at radius 3 is 1.25 bits per heavy atom. The van der Waals surface area contributed by atoms with Crippen LogP contribution in [0.2, 0.25) is 0 Å². The maximum Gasteiger partial charge on any atom is 0.147 e. The molecule has 6 atom stereocenters. The van der Waals surface area contributed by atoms with E-state index in [1.54, 1.807) is 0 Å². The van der Waals surface area contributed by atoms with Crippen molar-refractivity contribution >= 4 is 0 Å². The summed E-state index contributed by atoms with van der Waals surface area (Å²) in [6.45, 7) is 2.10. The summed E-state index contributed by atoms with van der Waals surface area (Å²) in [5, 5.41) is 0. The van der Waals surface area contributed by atoms with Crippen molar-refractivity contribution in [1.82, 2.24) is 0 Å². The molecule has 0 saturated carbocycles. The fourth-order valence-electron chi connectivity index (χ4n) is 3.60. The number of ether oxygens (including phenoxy) is 6. The Balaban J connectivity index is 1.29.